The Balaban J connectivity index is 1.87. The van der Waals surface area contributed by atoms with Crippen molar-refractivity contribution in [3.8, 4) is 0 Å². The number of amides is 1. The van der Waals surface area contributed by atoms with Gasteiger partial charge in [-0.2, -0.15) is 0 Å². The average molecular weight is 380 g/mol. The standard InChI is InChI=1S/C19H16Cl2FNO2/c1-23(10-12-2-5-15(22)6-3-12)18(25)19(9-14(19)11-24)13-4-7-16(20)17(21)8-13/h2-8,11,14H,9-10H2,1H3/t14-,19+/m0/s1. The molecule has 3 rings (SSSR count). The first-order chi connectivity index (χ1) is 11.9. The highest BCUT2D eigenvalue weighted by atomic mass is 35.5. The minimum absolute atomic E-state index is 0.160. The maximum absolute atomic E-state index is 13.1. The summed E-state index contributed by atoms with van der Waals surface area (Å²) in [7, 11) is 1.67. The van der Waals surface area contributed by atoms with Crippen LogP contribution in [0.3, 0.4) is 0 Å². The summed E-state index contributed by atoms with van der Waals surface area (Å²) in [5.74, 6) is -0.867. The molecule has 1 saturated carbocycles. The van der Waals surface area contributed by atoms with E-state index in [1.54, 1.807) is 42.3 Å². The molecule has 0 unspecified atom stereocenters. The molecule has 0 aliphatic heterocycles. The Bertz CT molecular complexity index is 825. The van der Waals surface area contributed by atoms with Gasteiger partial charge in [0.25, 0.3) is 0 Å². The van der Waals surface area contributed by atoms with Gasteiger partial charge in [-0.3, -0.25) is 4.79 Å². The van der Waals surface area contributed by atoms with Crippen LogP contribution >= 0.6 is 23.2 Å². The molecule has 130 valence electrons. The van der Waals surface area contributed by atoms with Crippen LogP contribution < -0.4 is 0 Å². The van der Waals surface area contributed by atoms with Crippen molar-refractivity contribution in [3.05, 3.63) is 69.5 Å². The molecular formula is C19H16Cl2FNO2. The SMILES string of the molecule is CN(Cc1ccc(F)cc1)C(=O)[C@@]1(c2ccc(Cl)c(Cl)c2)C[C@H]1C=O. The lowest BCUT2D eigenvalue weighted by Gasteiger charge is -2.25. The summed E-state index contributed by atoms with van der Waals surface area (Å²) in [5, 5.41) is 0.750. The molecule has 2 atom stereocenters. The van der Waals surface area contributed by atoms with E-state index in [0.717, 1.165) is 11.8 Å². The molecule has 1 aliphatic carbocycles. The van der Waals surface area contributed by atoms with Gasteiger partial charge in [-0.1, -0.05) is 41.4 Å². The first-order valence-corrected chi connectivity index (χ1v) is 8.55. The fraction of sp³-hybridized carbons (Fsp3) is 0.263. The van der Waals surface area contributed by atoms with E-state index in [0.29, 0.717) is 28.6 Å². The molecule has 0 bridgehead atoms. The van der Waals surface area contributed by atoms with Crippen LogP contribution in [0.15, 0.2) is 42.5 Å². The zero-order valence-electron chi connectivity index (χ0n) is 13.5. The number of likely N-dealkylation sites (N-methyl/N-ethyl adjacent to an activating group) is 1. The van der Waals surface area contributed by atoms with Gasteiger partial charge in [0, 0.05) is 19.5 Å². The van der Waals surface area contributed by atoms with E-state index in [2.05, 4.69) is 0 Å². The summed E-state index contributed by atoms with van der Waals surface area (Å²) >= 11 is 12.0. The van der Waals surface area contributed by atoms with E-state index in [4.69, 9.17) is 23.2 Å². The highest BCUT2D eigenvalue weighted by molar-refractivity contribution is 6.42. The molecule has 0 radical (unpaired) electrons. The van der Waals surface area contributed by atoms with Crippen LogP contribution in [-0.2, 0) is 21.5 Å². The fourth-order valence-electron chi connectivity index (χ4n) is 3.20. The average Bonchev–Trinajstić information content (AvgIpc) is 3.34. The predicted molar refractivity (Wildman–Crippen MR) is 95.2 cm³/mol. The number of nitrogens with zero attached hydrogens (tertiary/aromatic N) is 1. The summed E-state index contributed by atoms with van der Waals surface area (Å²) in [4.78, 5) is 26.0. The second-order valence-corrected chi connectivity index (χ2v) is 7.15. The lowest BCUT2D eigenvalue weighted by atomic mass is 9.91. The van der Waals surface area contributed by atoms with Crippen LogP contribution in [0.4, 0.5) is 4.39 Å². The molecule has 0 spiro atoms. The second kappa shape index (κ2) is 6.77. The molecule has 0 N–H and O–H groups in total. The Morgan fingerprint density at radius 3 is 2.48 bits per heavy atom. The van der Waals surface area contributed by atoms with Gasteiger partial charge in [0.15, 0.2) is 0 Å². The Hall–Kier alpha value is -1.91. The first-order valence-electron chi connectivity index (χ1n) is 7.79. The maximum Gasteiger partial charge on any atom is 0.234 e. The number of halogens is 3. The van der Waals surface area contributed by atoms with Crippen molar-refractivity contribution in [1.29, 1.82) is 0 Å². The zero-order valence-corrected chi connectivity index (χ0v) is 15.0. The lowest BCUT2D eigenvalue weighted by Crippen LogP contribution is -2.37. The largest absolute Gasteiger partial charge is 0.341 e. The quantitative estimate of drug-likeness (QED) is 0.728. The first kappa shape index (κ1) is 17.9. The van der Waals surface area contributed by atoms with Gasteiger partial charge in [0.2, 0.25) is 5.91 Å². The number of carbonyl (C=O) groups is 2. The molecule has 25 heavy (non-hydrogen) atoms. The highest BCUT2D eigenvalue weighted by Crippen LogP contribution is 2.55. The summed E-state index contributed by atoms with van der Waals surface area (Å²) in [5.41, 5.74) is 0.602. The smallest absolute Gasteiger partial charge is 0.234 e. The van der Waals surface area contributed by atoms with Crippen LogP contribution in [-0.4, -0.2) is 24.1 Å². The Morgan fingerprint density at radius 1 is 1.24 bits per heavy atom. The van der Waals surface area contributed by atoms with Crippen molar-refractivity contribution in [1.82, 2.24) is 4.90 Å². The van der Waals surface area contributed by atoms with Crippen molar-refractivity contribution in [2.45, 2.75) is 18.4 Å². The molecule has 3 nitrogen and oxygen atoms in total. The van der Waals surface area contributed by atoms with E-state index >= 15 is 0 Å². The molecule has 1 amide bonds. The Morgan fingerprint density at radius 2 is 1.92 bits per heavy atom. The van der Waals surface area contributed by atoms with E-state index in [-0.39, 0.29) is 17.6 Å². The number of rotatable bonds is 5. The number of hydrogen-bond donors (Lipinski definition) is 0. The van der Waals surface area contributed by atoms with Crippen LogP contribution in [0.5, 0.6) is 0 Å². The molecule has 0 heterocycles. The van der Waals surface area contributed by atoms with Crippen LogP contribution in [0, 0.1) is 11.7 Å². The predicted octanol–water partition coefficient (Wildman–Crippen LogP) is 4.25. The Labute approximate surface area is 155 Å². The lowest BCUT2D eigenvalue weighted by molar-refractivity contribution is -0.134. The molecule has 0 aromatic heterocycles. The van der Waals surface area contributed by atoms with Crippen molar-refractivity contribution in [2.24, 2.45) is 5.92 Å². The third kappa shape index (κ3) is 3.29. The topological polar surface area (TPSA) is 37.4 Å². The van der Waals surface area contributed by atoms with E-state index in [9.17, 15) is 14.0 Å². The third-order valence-corrected chi connectivity index (χ3v) is 5.41. The molecule has 1 fully saturated rings. The zero-order chi connectivity index (χ0) is 18.2. The molecule has 6 heteroatoms. The van der Waals surface area contributed by atoms with E-state index in [1.807, 2.05) is 0 Å². The number of hydrogen-bond acceptors (Lipinski definition) is 2. The summed E-state index contributed by atoms with van der Waals surface area (Å²) in [6.07, 6.45) is 1.26. The van der Waals surface area contributed by atoms with Gasteiger partial charge < -0.3 is 9.69 Å². The van der Waals surface area contributed by atoms with Crippen molar-refractivity contribution in [2.75, 3.05) is 7.05 Å². The fourth-order valence-corrected chi connectivity index (χ4v) is 3.50. The van der Waals surface area contributed by atoms with Gasteiger partial charge in [-0.15, -0.1) is 0 Å². The van der Waals surface area contributed by atoms with Crippen molar-refractivity contribution < 1.29 is 14.0 Å². The van der Waals surface area contributed by atoms with Gasteiger partial charge in [-0.05, 0) is 41.8 Å². The van der Waals surface area contributed by atoms with Crippen molar-refractivity contribution >= 4 is 35.4 Å². The number of benzene rings is 2. The van der Waals surface area contributed by atoms with Crippen LogP contribution in [0.1, 0.15) is 17.5 Å². The van der Waals surface area contributed by atoms with Crippen LogP contribution in [0.2, 0.25) is 10.0 Å². The van der Waals surface area contributed by atoms with Gasteiger partial charge in [0.05, 0.1) is 15.5 Å². The van der Waals surface area contributed by atoms with Gasteiger partial charge in [0.1, 0.15) is 12.1 Å². The molecule has 2 aromatic rings. The maximum atomic E-state index is 13.1. The normalized spacial score (nSPS) is 21.7. The monoisotopic (exact) mass is 379 g/mol. The van der Waals surface area contributed by atoms with Gasteiger partial charge >= 0.3 is 0 Å². The van der Waals surface area contributed by atoms with Crippen LogP contribution in [0.25, 0.3) is 0 Å². The molecule has 2 aromatic carbocycles. The highest BCUT2D eigenvalue weighted by Gasteiger charge is 2.62. The molecular weight excluding hydrogens is 364 g/mol. The minimum Gasteiger partial charge on any atom is -0.341 e. The minimum atomic E-state index is -0.898. The van der Waals surface area contributed by atoms with Gasteiger partial charge in [-0.25, -0.2) is 4.39 Å². The molecule has 0 saturated heterocycles. The summed E-state index contributed by atoms with van der Waals surface area (Å²) in [6, 6.07) is 11.0. The third-order valence-electron chi connectivity index (χ3n) is 4.68. The van der Waals surface area contributed by atoms with E-state index < -0.39 is 5.41 Å². The number of carbonyl (C=O) groups excluding carboxylic acids is 2. The molecule has 1 aliphatic rings. The van der Waals surface area contributed by atoms with Crippen molar-refractivity contribution in [3.63, 3.8) is 0 Å². The Kier molecular flexibility index (Phi) is 4.85. The second-order valence-electron chi connectivity index (χ2n) is 6.33. The van der Waals surface area contributed by atoms with E-state index in [1.165, 1.54) is 12.1 Å². The summed E-state index contributed by atoms with van der Waals surface area (Å²) < 4.78 is 13.0. The summed E-state index contributed by atoms with van der Waals surface area (Å²) in [6.45, 7) is 0.327. The number of aldehydes is 1.